The molecule has 2 aromatic rings. The minimum atomic E-state index is 0.503. The van der Waals surface area contributed by atoms with Gasteiger partial charge in [-0.05, 0) is 49.8 Å². The number of anilines is 1. The van der Waals surface area contributed by atoms with Crippen molar-refractivity contribution in [1.29, 1.82) is 0 Å². The number of nitrogens with zero attached hydrogens (tertiary/aromatic N) is 1. The quantitative estimate of drug-likeness (QED) is 0.854. The molecule has 0 radical (unpaired) electrons. The number of hydrogen-bond acceptors (Lipinski definition) is 3. The van der Waals surface area contributed by atoms with Gasteiger partial charge in [0, 0.05) is 11.7 Å². The van der Waals surface area contributed by atoms with Gasteiger partial charge in [0.15, 0.2) is 0 Å². The Morgan fingerprint density at radius 2 is 2.22 bits per heavy atom. The molecule has 1 N–H and O–H groups in total. The van der Waals surface area contributed by atoms with Crippen LogP contribution >= 0.6 is 11.3 Å². The Kier molecular flexibility index (Phi) is 2.81. The molecule has 1 heterocycles. The molecule has 3 rings (SSSR count). The minimum Gasteiger partial charge on any atom is -0.382 e. The van der Waals surface area contributed by atoms with Crippen LogP contribution in [0.5, 0.6) is 0 Å². The monoisotopic (exact) mass is 260 g/mol. The summed E-state index contributed by atoms with van der Waals surface area (Å²) in [6.07, 6.45) is 3.88. The Balaban J connectivity index is 1.78. The first-order valence-corrected chi connectivity index (χ1v) is 7.47. The van der Waals surface area contributed by atoms with Crippen molar-refractivity contribution in [3.63, 3.8) is 0 Å². The van der Waals surface area contributed by atoms with Crippen LogP contribution in [0.3, 0.4) is 0 Å². The van der Waals surface area contributed by atoms with Gasteiger partial charge in [-0.3, -0.25) is 0 Å². The summed E-state index contributed by atoms with van der Waals surface area (Å²) in [7, 11) is 0. The topological polar surface area (TPSA) is 24.9 Å². The highest BCUT2D eigenvalue weighted by Gasteiger charge is 2.30. The van der Waals surface area contributed by atoms with Gasteiger partial charge in [0.05, 0.1) is 15.2 Å². The summed E-state index contributed by atoms with van der Waals surface area (Å²) < 4.78 is 1.29. The Bertz CT molecular complexity index is 571. The van der Waals surface area contributed by atoms with Crippen LogP contribution in [0, 0.1) is 12.3 Å². The summed E-state index contributed by atoms with van der Waals surface area (Å²) in [4.78, 5) is 4.50. The first-order valence-electron chi connectivity index (χ1n) is 6.66. The van der Waals surface area contributed by atoms with Crippen molar-refractivity contribution in [1.82, 2.24) is 4.98 Å². The van der Waals surface area contributed by atoms with E-state index in [1.807, 2.05) is 0 Å². The van der Waals surface area contributed by atoms with Gasteiger partial charge in [-0.25, -0.2) is 4.98 Å². The molecule has 1 unspecified atom stereocenters. The number of benzene rings is 1. The molecular weight excluding hydrogens is 240 g/mol. The van der Waals surface area contributed by atoms with E-state index in [4.69, 9.17) is 0 Å². The van der Waals surface area contributed by atoms with Crippen molar-refractivity contribution in [2.45, 2.75) is 46.1 Å². The molecule has 1 aliphatic carbocycles. The van der Waals surface area contributed by atoms with Crippen LogP contribution in [-0.4, -0.2) is 11.0 Å². The van der Waals surface area contributed by atoms with Crippen molar-refractivity contribution in [3.05, 3.63) is 23.2 Å². The number of fused-ring (bicyclic) bond motifs is 1. The number of aromatic nitrogens is 1. The lowest BCUT2D eigenvalue weighted by Crippen LogP contribution is -2.17. The maximum Gasteiger partial charge on any atom is 0.0907 e. The lowest BCUT2D eigenvalue weighted by molar-refractivity contribution is 0.378. The molecule has 1 aliphatic rings. The van der Waals surface area contributed by atoms with E-state index in [-0.39, 0.29) is 0 Å². The van der Waals surface area contributed by atoms with Gasteiger partial charge < -0.3 is 5.32 Å². The average Bonchev–Trinajstić information content (AvgIpc) is 2.80. The molecular formula is C15H20N2S. The summed E-state index contributed by atoms with van der Waals surface area (Å²) in [6, 6.07) is 7.16. The average molecular weight is 260 g/mol. The third-order valence-electron chi connectivity index (χ3n) is 3.83. The maximum atomic E-state index is 4.50. The van der Waals surface area contributed by atoms with Crippen molar-refractivity contribution < 1.29 is 0 Å². The smallest absolute Gasteiger partial charge is 0.0907 e. The van der Waals surface area contributed by atoms with Crippen molar-refractivity contribution in [2.75, 3.05) is 5.32 Å². The normalized spacial score (nSPS) is 22.5. The fraction of sp³-hybridized carbons (Fsp3) is 0.533. The molecule has 0 spiro atoms. The zero-order chi connectivity index (χ0) is 12.8. The van der Waals surface area contributed by atoms with Crippen molar-refractivity contribution in [3.8, 4) is 0 Å². The number of thiazole rings is 1. The van der Waals surface area contributed by atoms with Crippen LogP contribution < -0.4 is 5.32 Å². The van der Waals surface area contributed by atoms with Gasteiger partial charge in [0.25, 0.3) is 0 Å². The highest BCUT2D eigenvalue weighted by atomic mass is 32.1. The van der Waals surface area contributed by atoms with E-state index < -0.39 is 0 Å². The zero-order valence-corrected chi connectivity index (χ0v) is 12.1. The summed E-state index contributed by atoms with van der Waals surface area (Å²) in [5.41, 5.74) is 2.87. The minimum absolute atomic E-state index is 0.503. The molecule has 96 valence electrons. The summed E-state index contributed by atoms with van der Waals surface area (Å²) in [5, 5.41) is 4.82. The van der Waals surface area contributed by atoms with Crippen LogP contribution in [0.4, 0.5) is 5.69 Å². The van der Waals surface area contributed by atoms with Crippen LogP contribution in [0.15, 0.2) is 18.2 Å². The summed E-state index contributed by atoms with van der Waals surface area (Å²) in [5.74, 6) is 0. The summed E-state index contributed by atoms with van der Waals surface area (Å²) >= 11 is 1.77. The van der Waals surface area contributed by atoms with Crippen LogP contribution in [0.25, 0.3) is 10.2 Å². The zero-order valence-electron chi connectivity index (χ0n) is 11.3. The second kappa shape index (κ2) is 4.23. The fourth-order valence-electron chi connectivity index (χ4n) is 2.92. The van der Waals surface area contributed by atoms with Gasteiger partial charge in [0.2, 0.25) is 0 Å². The number of hydrogen-bond donors (Lipinski definition) is 1. The number of aryl methyl sites for hydroxylation is 1. The molecule has 3 heteroatoms. The fourth-order valence-corrected chi connectivity index (χ4v) is 3.79. The summed E-state index contributed by atoms with van der Waals surface area (Å²) in [6.45, 7) is 6.80. The van der Waals surface area contributed by atoms with E-state index >= 15 is 0 Å². The lowest BCUT2D eigenvalue weighted by Gasteiger charge is -2.18. The van der Waals surface area contributed by atoms with Crippen LogP contribution in [0.1, 0.15) is 38.1 Å². The Hall–Kier alpha value is -1.09. The molecule has 1 aromatic heterocycles. The molecule has 1 saturated carbocycles. The first kappa shape index (κ1) is 12.0. The van der Waals surface area contributed by atoms with Crippen LogP contribution in [0.2, 0.25) is 0 Å². The van der Waals surface area contributed by atoms with Gasteiger partial charge in [-0.2, -0.15) is 0 Å². The Morgan fingerprint density at radius 1 is 1.39 bits per heavy atom. The van der Waals surface area contributed by atoms with Gasteiger partial charge in [-0.15, -0.1) is 11.3 Å². The second-order valence-corrected chi connectivity index (χ2v) is 7.40. The van der Waals surface area contributed by atoms with Gasteiger partial charge >= 0.3 is 0 Å². The van der Waals surface area contributed by atoms with E-state index in [0.29, 0.717) is 11.5 Å². The molecule has 0 aliphatic heterocycles. The predicted molar refractivity (Wildman–Crippen MR) is 79.4 cm³/mol. The third-order valence-corrected chi connectivity index (χ3v) is 4.77. The molecule has 18 heavy (non-hydrogen) atoms. The molecule has 1 aromatic carbocycles. The molecule has 0 bridgehead atoms. The number of nitrogens with one attached hydrogen (secondary N) is 1. The Morgan fingerprint density at radius 3 is 2.94 bits per heavy atom. The third kappa shape index (κ3) is 2.37. The predicted octanol–water partition coefficient (Wildman–Crippen LogP) is 4.60. The SMILES string of the molecule is Cc1nc2ccc(NC3CCC(C)(C)C3)cc2s1. The van der Waals surface area contributed by atoms with E-state index in [1.165, 1.54) is 29.6 Å². The molecule has 0 amide bonds. The van der Waals surface area contributed by atoms with E-state index in [1.54, 1.807) is 11.3 Å². The number of rotatable bonds is 2. The van der Waals surface area contributed by atoms with E-state index in [2.05, 4.69) is 49.3 Å². The van der Waals surface area contributed by atoms with Gasteiger partial charge in [0.1, 0.15) is 0 Å². The highest BCUT2D eigenvalue weighted by molar-refractivity contribution is 7.18. The largest absolute Gasteiger partial charge is 0.382 e. The standard InChI is InChI=1S/C15H20N2S/c1-10-16-13-5-4-11(8-14(13)18-10)17-12-6-7-15(2,3)9-12/h4-5,8,12,17H,6-7,9H2,1-3H3. The lowest BCUT2D eigenvalue weighted by atomic mass is 9.92. The van der Waals surface area contributed by atoms with Crippen LogP contribution in [-0.2, 0) is 0 Å². The Labute approximate surface area is 112 Å². The van der Waals surface area contributed by atoms with Crippen molar-refractivity contribution >= 4 is 27.2 Å². The van der Waals surface area contributed by atoms with E-state index in [9.17, 15) is 0 Å². The van der Waals surface area contributed by atoms with Gasteiger partial charge in [-0.1, -0.05) is 13.8 Å². The highest BCUT2D eigenvalue weighted by Crippen LogP contribution is 2.38. The van der Waals surface area contributed by atoms with Crippen molar-refractivity contribution in [2.24, 2.45) is 5.41 Å². The first-order chi connectivity index (χ1) is 8.52. The second-order valence-electron chi connectivity index (χ2n) is 6.16. The molecule has 2 nitrogen and oxygen atoms in total. The maximum absolute atomic E-state index is 4.50. The molecule has 1 atom stereocenters. The molecule has 0 saturated heterocycles. The van der Waals surface area contributed by atoms with E-state index in [0.717, 1.165) is 10.5 Å². The molecule has 1 fully saturated rings.